The number of halogens is 5. The van der Waals surface area contributed by atoms with Crippen molar-refractivity contribution in [2.24, 2.45) is 0 Å². The van der Waals surface area contributed by atoms with E-state index in [-0.39, 0.29) is 12.2 Å². The Morgan fingerprint density at radius 1 is 1.05 bits per heavy atom. The highest BCUT2D eigenvalue weighted by atomic mass is 19.4. The Labute approximate surface area is 114 Å². The molecular formula is C12H18F5N3. The maximum absolute atomic E-state index is 13.7. The average molecular weight is 299 g/mol. The second-order valence-corrected chi connectivity index (χ2v) is 5.69. The highest BCUT2D eigenvalue weighted by Crippen LogP contribution is 2.46. The van der Waals surface area contributed by atoms with E-state index in [2.05, 4.69) is 10.3 Å². The molecule has 0 saturated heterocycles. The van der Waals surface area contributed by atoms with Gasteiger partial charge in [-0.1, -0.05) is 39.3 Å². The third kappa shape index (κ3) is 3.09. The molecule has 1 aromatic heterocycles. The van der Waals surface area contributed by atoms with Gasteiger partial charge in [-0.2, -0.15) is 22.0 Å². The molecule has 1 aromatic rings. The molecule has 0 unspecified atom stereocenters. The first-order valence-corrected chi connectivity index (χ1v) is 6.32. The SMILES string of the molecule is CCCCn1nnc(C(C)(C)C)c1C(F)(F)C(F)(F)F. The summed E-state index contributed by atoms with van der Waals surface area (Å²) < 4.78 is 66.1. The van der Waals surface area contributed by atoms with Crippen molar-refractivity contribution in [2.75, 3.05) is 0 Å². The molecule has 0 spiro atoms. The van der Waals surface area contributed by atoms with Gasteiger partial charge >= 0.3 is 12.1 Å². The number of aryl methyl sites for hydroxylation is 1. The fourth-order valence-electron chi connectivity index (χ4n) is 1.73. The van der Waals surface area contributed by atoms with Crippen LogP contribution in [0.2, 0.25) is 0 Å². The Bertz CT molecular complexity index is 457. The standard InChI is InChI=1S/C12H18F5N3/c1-5-6-7-20-9(11(13,14)12(15,16)17)8(18-19-20)10(2,3)4/h5-7H2,1-4H3. The van der Waals surface area contributed by atoms with Gasteiger partial charge in [-0.25, -0.2) is 4.68 Å². The van der Waals surface area contributed by atoms with Gasteiger partial charge in [0.15, 0.2) is 0 Å². The van der Waals surface area contributed by atoms with Crippen molar-refractivity contribution >= 4 is 0 Å². The summed E-state index contributed by atoms with van der Waals surface area (Å²) in [6.45, 7) is 6.37. The summed E-state index contributed by atoms with van der Waals surface area (Å²) in [5.74, 6) is -4.97. The third-order valence-electron chi connectivity index (χ3n) is 2.82. The normalized spacial score (nSPS) is 13.8. The van der Waals surface area contributed by atoms with Crippen molar-refractivity contribution in [3.8, 4) is 0 Å². The van der Waals surface area contributed by atoms with Crippen molar-refractivity contribution < 1.29 is 22.0 Å². The van der Waals surface area contributed by atoms with E-state index in [4.69, 9.17) is 0 Å². The minimum absolute atomic E-state index is 0.0133. The molecule has 116 valence electrons. The largest absolute Gasteiger partial charge is 0.459 e. The maximum Gasteiger partial charge on any atom is 0.459 e. The van der Waals surface area contributed by atoms with E-state index in [0.717, 1.165) is 0 Å². The van der Waals surface area contributed by atoms with Crippen LogP contribution in [0, 0.1) is 0 Å². The van der Waals surface area contributed by atoms with Crippen LogP contribution < -0.4 is 0 Å². The lowest BCUT2D eigenvalue weighted by atomic mass is 9.89. The van der Waals surface area contributed by atoms with Crippen LogP contribution >= 0.6 is 0 Å². The van der Waals surface area contributed by atoms with Crippen molar-refractivity contribution in [3.63, 3.8) is 0 Å². The fourth-order valence-corrected chi connectivity index (χ4v) is 1.73. The molecule has 0 fully saturated rings. The molecule has 20 heavy (non-hydrogen) atoms. The second kappa shape index (κ2) is 5.29. The Kier molecular flexibility index (Phi) is 4.46. The fraction of sp³-hybridized carbons (Fsp3) is 0.833. The van der Waals surface area contributed by atoms with Gasteiger partial charge in [0.05, 0.1) is 5.69 Å². The summed E-state index contributed by atoms with van der Waals surface area (Å²) in [5, 5.41) is 7.04. The zero-order chi connectivity index (χ0) is 15.8. The number of hydrogen-bond acceptors (Lipinski definition) is 2. The first-order valence-electron chi connectivity index (χ1n) is 6.32. The van der Waals surface area contributed by atoms with Crippen LogP contribution in [-0.2, 0) is 17.9 Å². The van der Waals surface area contributed by atoms with E-state index in [1.807, 2.05) is 6.92 Å². The number of hydrogen-bond donors (Lipinski definition) is 0. The number of aromatic nitrogens is 3. The minimum atomic E-state index is -5.67. The van der Waals surface area contributed by atoms with Crippen LogP contribution in [0.5, 0.6) is 0 Å². The lowest BCUT2D eigenvalue weighted by molar-refractivity contribution is -0.292. The smallest absolute Gasteiger partial charge is 0.243 e. The zero-order valence-corrected chi connectivity index (χ0v) is 11.9. The molecule has 0 bridgehead atoms. The Morgan fingerprint density at radius 3 is 2.00 bits per heavy atom. The van der Waals surface area contributed by atoms with Crippen LogP contribution in [0.1, 0.15) is 51.9 Å². The van der Waals surface area contributed by atoms with Crippen LogP contribution in [0.25, 0.3) is 0 Å². The molecular weight excluding hydrogens is 281 g/mol. The molecule has 0 aliphatic heterocycles. The molecule has 0 aromatic carbocycles. The van der Waals surface area contributed by atoms with Crippen LogP contribution in [0.4, 0.5) is 22.0 Å². The van der Waals surface area contributed by atoms with Gasteiger partial charge in [-0.3, -0.25) is 0 Å². The Balaban J connectivity index is 3.43. The number of alkyl halides is 5. The zero-order valence-electron chi connectivity index (χ0n) is 11.9. The molecule has 0 saturated carbocycles. The summed E-state index contributed by atoms with van der Waals surface area (Å²) in [4.78, 5) is 0. The van der Waals surface area contributed by atoms with Crippen molar-refractivity contribution in [2.45, 2.75) is 64.6 Å². The van der Waals surface area contributed by atoms with Crippen LogP contribution in [0.3, 0.4) is 0 Å². The monoisotopic (exact) mass is 299 g/mol. The lowest BCUT2D eigenvalue weighted by Gasteiger charge is -2.25. The Hall–Kier alpha value is -1.21. The first kappa shape index (κ1) is 16.8. The molecule has 0 aliphatic rings. The second-order valence-electron chi connectivity index (χ2n) is 5.69. The van der Waals surface area contributed by atoms with Crippen molar-refractivity contribution in [1.29, 1.82) is 0 Å². The molecule has 1 heterocycles. The van der Waals surface area contributed by atoms with Gasteiger partial charge in [0.1, 0.15) is 5.69 Å². The van der Waals surface area contributed by atoms with Gasteiger partial charge in [0, 0.05) is 12.0 Å². The van der Waals surface area contributed by atoms with E-state index in [0.29, 0.717) is 17.5 Å². The van der Waals surface area contributed by atoms with Gasteiger partial charge in [0.2, 0.25) is 0 Å². The third-order valence-corrected chi connectivity index (χ3v) is 2.82. The predicted octanol–water partition coefficient (Wildman–Crippen LogP) is 4.03. The molecule has 0 amide bonds. The van der Waals surface area contributed by atoms with E-state index in [9.17, 15) is 22.0 Å². The lowest BCUT2D eigenvalue weighted by Crippen LogP contribution is -2.38. The quantitative estimate of drug-likeness (QED) is 0.786. The number of unbranched alkanes of at least 4 members (excludes halogenated alkanes) is 1. The van der Waals surface area contributed by atoms with Crippen LogP contribution in [-0.4, -0.2) is 21.2 Å². The number of nitrogens with zero attached hydrogens (tertiary/aromatic N) is 3. The van der Waals surface area contributed by atoms with Crippen LogP contribution in [0.15, 0.2) is 0 Å². The number of rotatable bonds is 4. The van der Waals surface area contributed by atoms with E-state index < -0.39 is 23.2 Å². The minimum Gasteiger partial charge on any atom is -0.243 e. The van der Waals surface area contributed by atoms with E-state index in [1.165, 1.54) is 20.8 Å². The molecule has 0 atom stereocenters. The predicted molar refractivity (Wildman–Crippen MR) is 63.6 cm³/mol. The van der Waals surface area contributed by atoms with Crippen molar-refractivity contribution in [3.05, 3.63) is 11.4 Å². The Morgan fingerprint density at radius 2 is 1.60 bits per heavy atom. The van der Waals surface area contributed by atoms with Gasteiger partial charge in [0.25, 0.3) is 0 Å². The molecule has 3 nitrogen and oxygen atoms in total. The van der Waals surface area contributed by atoms with Gasteiger partial charge in [-0.15, -0.1) is 5.10 Å². The van der Waals surface area contributed by atoms with Crippen molar-refractivity contribution in [1.82, 2.24) is 15.0 Å². The van der Waals surface area contributed by atoms with E-state index >= 15 is 0 Å². The highest BCUT2D eigenvalue weighted by Gasteiger charge is 2.62. The molecule has 0 aliphatic carbocycles. The summed E-state index contributed by atoms with van der Waals surface area (Å²) in [7, 11) is 0. The summed E-state index contributed by atoms with van der Waals surface area (Å²) in [6.07, 6.45) is -4.56. The molecule has 0 radical (unpaired) electrons. The maximum atomic E-state index is 13.7. The molecule has 8 heteroatoms. The summed E-state index contributed by atoms with van der Waals surface area (Å²) >= 11 is 0. The average Bonchev–Trinajstić information content (AvgIpc) is 2.68. The van der Waals surface area contributed by atoms with Gasteiger partial charge in [-0.05, 0) is 6.42 Å². The first-order chi connectivity index (χ1) is 8.93. The summed E-state index contributed by atoms with van der Waals surface area (Å²) in [5.41, 5.74) is -2.42. The van der Waals surface area contributed by atoms with Gasteiger partial charge < -0.3 is 0 Å². The summed E-state index contributed by atoms with van der Waals surface area (Å²) in [6, 6.07) is 0. The van der Waals surface area contributed by atoms with E-state index in [1.54, 1.807) is 0 Å². The molecule has 1 rings (SSSR count). The topological polar surface area (TPSA) is 30.7 Å². The molecule has 0 N–H and O–H groups in total. The highest BCUT2D eigenvalue weighted by molar-refractivity contribution is 5.24.